The van der Waals surface area contributed by atoms with Crippen LogP contribution >= 0.6 is 0 Å². The molecular weight excluding hydrogens is 368 g/mol. The topological polar surface area (TPSA) is 72.8 Å². The van der Waals surface area contributed by atoms with Crippen LogP contribution in [0.25, 0.3) is 6.08 Å². The van der Waals surface area contributed by atoms with Crippen LogP contribution in [0.3, 0.4) is 0 Å². The van der Waals surface area contributed by atoms with E-state index in [-0.39, 0.29) is 0 Å². The predicted molar refractivity (Wildman–Crippen MR) is 110 cm³/mol. The van der Waals surface area contributed by atoms with Crippen LogP contribution in [0.2, 0.25) is 0 Å². The summed E-state index contributed by atoms with van der Waals surface area (Å²) >= 11 is 0. The summed E-state index contributed by atoms with van der Waals surface area (Å²) in [6.45, 7) is 1.93. The van der Waals surface area contributed by atoms with E-state index < -0.39 is 17.5 Å². The van der Waals surface area contributed by atoms with Crippen molar-refractivity contribution >= 4 is 18.0 Å². The average Bonchev–Trinajstić information content (AvgIpc) is 2.74. The number of ether oxygens (including phenoxy) is 2. The van der Waals surface area contributed by atoms with Gasteiger partial charge in [0, 0.05) is 0 Å². The first-order valence-corrected chi connectivity index (χ1v) is 9.15. The van der Waals surface area contributed by atoms with Gasteiger partial charge in [0.05, 0.1) is 0 Å². The fraction of sp³-hybridized carbons (Fsp3) is 0.0833. The van der Waals surface area contributed by atoms with Gasteiger partial charge in [-0.05, 0) is 54.0 Å². The fourth-order valence-corrected chi connectivity index (χ4v) is 2.68. The van der Waals surface area contributed by atoms with Crippen molar-refractivity contribution in [2.75, 3.05) is 0 Å². The number of rotatable bonds is 7. The first-order valence-electron chi connectivity index (χ1n) is 9.15. The lowest BCUT2D eigenvalue weighted by molar-refractivity contribution is -0.138. The number of para-hydroxylation sites is 2. The van der Waals surface area contributed by atoms with Crippen LogP contribution in [0.5, 0.6) is 17.2 Å². The number of aryl methyl sites for hydroxylation is 1. The molecular formula is C24H20O5. The highest BCUT2D eigenvalue weighted by atomic mass is 16.5. The zero-order valence-corrected chi connectivity index (χ0v) is 15.9. The summed E-state index contributed by atoms with van der Waals surface area (Å²) in [6.07, 6.45) is 1.95. The summed E-state index contributed by atoms with van der Waals surface area (Å²) in [5, 5.41) is 9.47. The zero-order valence-electron chi connectivity index (χ0n) is 15.9. The molecule has 3 aromatic carbocycles. The van der Waals surface area contributed by atoms with Crippen molar-refractivity contribution in [3.05, 3.63) is 95.6 Å². The van der Waals surface area contributed by atoms with Gasteiger partial charge in [-0.3, -0.25) is 0 Å². The molecule has 0 spiro atoms. The van der Waals surface area contributed by atoms with Gasteiger partial charge in [0.1, 0.15) is 22.8 Å². The van der Waals surface area contributed by atoms with E-state index in [9.17, 15) is 14.7 Å². The molecule has 3 rings (SSSR count). The minimum Gasteiger partial charge on any atom is -0.477 e. The largest absolute Gasteiger partial charge is 0.477 e. The highest BCUT2D eigenvalue weighted by molar-refractivity contribution is 6.17. The number of carbonyl (C=O) groups is 2. The Labute approximate surface area is 168 Å². The monoisotopic (exact) mass is 388 g/mol. The molecule has 0 aliphatic carbocycles. The SMILES string of the molecule is CCc1ccccc1OC(=O)C(=Cc1ccc(Oc2ccccc2)cc1)C(=O)O. The fourth-order valence-electron chi connectivity index (χ4n) is 2.68. The molecule has 0 bridgehead atoms. The molecule has 0 saturated carbocycles. The summed E-state index contributed by atoms with van der Waals surface area (Å²) in [6, 6.07) is 23.1. The van der Waals surface area contributed by atoms with Gasteiger partial charge in [0.2, 0.25) is 0 Å². The Morgan fingerprint density at radius 3 is 2.14 bits per heavy atom. The molecule has 146 valence electrons. The third kappa shape index (κ3) is 5.32. The molecule has 0 atom stereocenters. The molecule has 1 N–H and O–H groups in total. The maximum atomic E-state index is 12.4. The number of carboxylic acid groups (broad SMARTS) is 1. The number of esters is 1. The smallest absolute Gasteiger partial charge is 0.350 e. The standard InChI is InChI=1S/C24H20O5/c1-2-18-8-6-7-11-22(18)29-24(27)21(23(25)26)16-17-12-14-20(15-13-17)28-19-9-4-3-5-10-19/h3-16H,2H2,1H3,(H,25,26). The third-order valence-electron chi connectivity index (χ3n) is 4.18. The van der Waals surface area contributed by atoms with Gasteiger partial charge >= 0.3 is 11.9 Å². The summed E-state index contributed by atoms with van der Waals surface area (Å²) in [7, 11) is 0. The Morgan fingerprint density at radius 2 is 1.48 bits per heavy atom. The van der Waals surface area contributed by atoms with Gasteiger partial charge in [-0.15, -0.1) is 0 Å². The lowest BCUT2D eigenvalue weighted by atomic mass is 10.1. The number of carbonyl (C=O) groups excluding carboxylic acids is 1. The molecule has 3 aromatic rings. The highest BCUT2D eigenvalue weighted by Crippen LogP contribution is 2.23. The summed E-state index contributed by atoms with van der Waals surface area (Å²) in [4.78, 5) is 24.0. The quantitative estimate of drug-likeness (QED) is 0.200. The first kappa shape index (κ1) is 19.9. The van der Waals surface area contributed by atoms with E-state index in [0.717, 1.165) is 5.56 Å². The number of benzene rings is 3. The molecule has 29 heavy (non-hydrogen) atoms. The van der Waals surface area contributed by atoms with Crippen molar-refractivity contribution in [1.82, 2.24) is 0 Å². The van der Waals surface area contributed by atoms with Crippen molar-refractivity contribution in [3.8, 4) is 17.2 Å². The molecule has 5 nitrogen and oxygen atoms in total. The minimum atomic E-state index is -1.35. The minimum absolute atomic E-state index is 0.360. The number of aliphatic carboxylic acids is 1. The van der Waals surface area contributed by atoms with Crippen LogP contribution in [-0.2, 0) is 16.0 Å². The van der Waals surface area contributed by atoms with Crippen LogP contribution in [-0.4, -0.2) is 17.0 Å². The normalized spacial score (nSPS) is 11.0. The van der Waals surface area contributed by atoms with Gasteiger partial charge in [-0.25, -0.2) is 9.59 Å². The average molecular weight is 388 g/mol. The summed E-state index contributed by atoms with van der Waals surface area (Å²) < 4.78 is 11.0. The number of hydrogen-bond acceptors (Lipinski definition) is 4. The van der Waals surface area contributed by atoms with E-state index in [2.05, 4.69) is 0 Å². The molecule has 0 unspecified atom stereocenters. The summed E-state index contributed by atoms with van der Waals surface area (Å²) in [5.41, 5.74) is 0.921. The third-order valence-corrected chi connectivity index (χ3v) is 4.18. The van der Waals surface area contributed by atoms with Crippen molar-refractivity contribution in [1.29, 1.82) is 0 Å². The van der Waals surface area contributed by atoms with Crippen molar-refractivity contribution in [3.63, 3.8) is 0 Å². The van der Waals surface area contributed by atoms with Gasteiger partial charge < -0.3 is 14.6 Å². The molecule has 0 radical (unpaired) electrons. The van der Waals surface area contributed by atoms with Crippen LogP contribution < -0.4 is 9.47 Å². The van der Waals surface area contributed by atoms with E-state index in [4.69, 9.17) is 9.47 Å². The molecule has 0 saturated heterocycles. The number of hydrogen-bond donors (Lipinski definition) is 1. The summed E-state index contributed by atoms with van der Waals surface area (Å²) in [5.74, 6) is -0.611. The highest BCUT2D eigenvalue weighted by Gasteiger charge is 2.20. The molecule has 0 aromatic heterocycles. The second-order valence-corrected chi connectivity index (χ2v) is 6.20. The lowest BCUT2D eigenvalue weighted by Gasteiger charge is -2.09. The predicted octanol–water partition coefficient (Wildman–Crippen LogP) is 5.11. The van der Waals surface area contributed by atoms with Crippen molar-refractivity contribution in [2.24, 2.45) is 0 Å². The molecule has 0 aliphatic rings. The van der Waals surface area contributed by atoms with Gasteiger partial charge in [0.25, 0.3) is 0 Å². The molecule has 0 fully saturated rings. The zero-order chi connectivity index (χ0) is 20.6. The molecule has 0 amide bonds. The van der Waals surface area contributed by atoms with E-state index in [1.165, 1.54) is 6.08 Å². The maximum Gasteiger partial charge on any atom is 0.350 e. The Balaban J connectivity index is 1.77. The molecule has 0 aliphatic heterocycles. The Morgan fingerprint density at radius 1 is 0.862 bits per heavy atom. The second kappa shape index (κ2) is 9.37. The van der Waals surface area contributed by atoms with E-state index in [0.29, 0.717) is 29.2 Å². The second-order valence-electron chi connectivity index (χ2n) is 6.20. The van der Waals surface area contributed by atoms with Gasteiger partial charge in [0.15, 0.2) is 0 Å². The lowest BCUT2D eigenvalue weighted by Crippen LogP contribution is -2.18. The van der Waals surface area contributed by atoms with Crippen LogP contribution in [0, 0.1) is 0 Å². The van der Waals surface area contributed by atoms with E-state index in [1.807, 2.05) is 49.4 Å². The van der Waals surface area contributed by atoms with Gasteiger partial charge in [-0.1, -0.05) is 55.5 Å². The first-order chi connectivity index (χ1) is 14.1. The Kier molecular flexibility index (Phi) is 6.43. The maximum absolute atomic E-state index is 12.4. The van der Waals surface area contributed by atoms with Crippen molar-refractivity contribution in [2.45, 2.75) is 13.3 Å². The van der Waals surface area contributed by atoms with Gasteiger partial charge in [-0.2, -0.15) is 0 Å². The van der Waals surface area contributed by atoms with Crippen LogP contribution in [0.1, 0.15) is 18.1 Å². The Bertz CT molecular complexity index is 1020. The van der Waals surface area contributed by atoms with E-state index in [1.54, 1.807) is 36.4 Å². The van der Waals surface area contributed by atoms with Crippen LogP contribution in [0.15, 0.2) is 84.4 Å². The van der Waals surface area contributed by atoms with Crippen LogP contribution in [0.4, 0.5) is 0 Å². The Hall–Kier alpha value is -3.86. The number of carboxylic acids is 1. The van der Waals surface area contributed by atoms with E-state index >= 15 is 0 Å². The molecule has 0 heterocycles. The molecule has 5 heteroatoms. The van der Waals surface area contributed by atoms with Crippen molar-refractivity contribution < 1.29 is 24.2 Å².